The molecule has 0 aromatic heterocycles. The molecule has 0 bridgehead atoms. The molecule has 1 unspecified atom stereocenters. The van der Waals surface area contributed by atoms with Crippen molar-refractivity contribution in [2.75, 3.05) is 6.61 Å². The number of ether oxygens (including phenoxy) is 1. The van der Waals surface area contributed by atoms with Gasteiger partial charge in [0, 0.05) is 13.2 Å². The summed E-state index contributed by atoms with van der Waals surface area (Å²) < 4.78 is 5.43. The molecule has 0 spiro atoms. The van der Waals surface area contributed by atoms with Crippen molar-refractivity contribution in [1.82, 2.24) is 5.32 Å². The van der Waals surface area contributed by atoms with Gasteiger partial charge >= 0.3 is 0 Å². The van der Waals surface area contributed by atoms with E-state index < -0.39 is 6.04 Å². The van der Waals surface area contributed by atoms with Crippen molar-refractivity contribution in [3.8, 4) is 0 Å². The summed E-state index contributed by atoms with van der Waals surface area (Å²) in [5, 5.41) is 2.90. The Morgan fingerprint density at radius 2 is 1.95 bits per heavy atom. The van der Waals surface area contributed by atoms with Crippen LogP contribution in [0.25, 0.3) is 0 Å². The minimum Gasteiger partial charge on any atom is -0.377 e. The van der Waals surface area contributed by atoms with Crippen molar-refractivity contribution in [3.05, 3.63) is 35.4 Å². The van der Waals surface area contributed by atoms with Gasteiger partial charge in [0.1, 0.15) is 0 Å². The van der Waals surface area contributed by atoms with Gasteiger partial charge in [0.2, 0.25) is 5.91 Å². The van der Waals surface area contributed by atoms with Gasteiger partial charge in [-0.05, 0) is 30.4 Å². The maximum absolute atomic E-state index is 11.9. The number of benzene rings is 1. The summed E-state index contributed by atoms with van der Waals surface area (Å²) in [7, 11) is 0. The molecule has 4 nitrogen and oxygen atoms in total. The number of nitrogens with two attached hydrogens (primary N) is 1. The van der Waals surface area contributed by atoms with Crippen molar-refractivity contribution in [2.45, 2.75) is 46.4 Å². The van der Waals surface area contributed by atoms with E-state index >= 15 is 0 Å². The Labute approximate surface area is 121 Å². The molecule has 0 aliphatic heterocycles. The third-order valence-electron chi connectivity index (χ3n) is 3.10. The van der Waals surface area contributed by atoms with Crippen LogP contribution in [0, 0.1) is 5.92 Å². The highest BCUT2D eigenvalue weighted by molar-refractivity contribution is 5.81. The second-order valence-corrected chi connectivity index (χ2v) is 5.36. The number of carbonyl (C=O) groups is 1. The molecular weight excluding hydrogens is 252 g/mol. The van der Waals surface area contributed by atoms with E-state index in [9.17, 15) is 4.79 Å². The molecule has 4 heteroatoms. The van der Waals surface area contributed by atoms with Gasteiger partial charge in [-0.3, -0.25) is 4.79 Å². The van der Waals surface area contributed by atoms with Gasteiger partial charge in [0.25, 0.3) is 0 Å². The summed E-state index contributed by atoms with van der Waals surface area (Å²) in [5.74, 6) is 0.325. The number of nitrogens with one attached hydrogen (secondary N) is 1. The zero-order chi connectivity index (χ0) is 15.0. The molecule has 1 amide bonds. The van der Waals surface area contributed by atoms with Gasteiger partial charge in [-0.25, -0.2) is 0 Å². The first kappa shape index (κ1) is 16.7. The third kappa shape index (κ3) is 5.72. The summed E-state index contributed by atoms with van der Waals surface area (Å²) in [6.45, 7) is 7.83. The van der Waals surface area contributed by atoms with E-state index in [4.69, 9.17) is 10.5 Å². The molecular formula is C16H26N2O2. The minimum absolute atomic E-state index is 0.0927. The van der Waals surface area contributed by atoms with Crippen LogP contribution in [0.3, 0.4) is 0 Å². The van der Waals surface area contributed by atoms with E-state index in [1.807, 2.05) is 31.2 Å². The van der Waals surface area contributed by atoms with Gasteiger partial charge < -0.3 is 15.8 Å². The molecule has 112 valence electrons. The Morgan fingerprint density at radius 3 is 2.55 bits per heavy atom. The molecule has 0 saturated carbocycles. The van der Waals surface area contributed by atoms with Crippen molar-refractivity contribution in [2.24, 2.45) is 11.7 Å². The van der Waals surface area contributed by atoms with Gasteiger partial charge in [0.05, 0.1) is 12.6 Å². The SMILES string of the molecule is CCOCc1ccccc1CNC(=O)C(N)CC(C)C. The molecule has 0 aliphatic carbocycles. The molecule has 1 aromatic carbocycles. The second kappa shape index (κ2) is 8.72. The first-order chi connectivity index (χ1) is 9.54. The van der Waals surface area contributed by atoms with Gasteiger partial charge in [-0.2, -0.15) is 0 Å². The first-order valence-electron chi connectivity index (χ1n) is 7.22. The van der Waals surface area contributed by atoms with Gasteiger partial charge in [-0.15, -0.1) is 0 Å². The number of hydrogen-bond donors (Lipinski definition) is 2. The molecule has 1 aromatic rings. The average Bonchev–Trinajstić information content (AvgIpc) is 2.42. The van der Waals surface area contributed by atoms with Crippen molar-refractivity contribution < 1.29 is 9.53 Å². The highest BCUT2D eigenvalue weighted by atomic mass is 16.5. The summed E-state index contributed by atoms with van der Waals surface area (Å²) in [4.78, 5) is 11.9. The van der Waals surface area contributed by atoms with Crippen LogP contribution in [0.4, 0.5) is 0 Å². The van der Waals surface area contributed by atoms with Crippen LogP contribution in [0.5, 0.6) is 0 Å². The lowest BCUT2D eigenvalue weighted by atomic mass is 10.0. The Morgan fingerprint density at radius 1 is 1.30 bits per heavy atom. The largest absolute Gasteiger partial charge is 0.377 e. The maximum Gasteiger partial charge on any atom is 0.237 e. The lowest BCUT2D eigenvalue weighted by molar-refractivity contribution is -0.122. The third-order valence-corrected chi connectivity index (χ3v) is 3.10. The monoisotopic (exact) mass is 278 g/mol. The fraction of sp³-hybridized carbons (Fsp3) is 0.562. The Hall–Kier alpha value is -1.39. The van der Waals surface area contributed by atoms with Gasteiger partial charge in [-0.1, -0.05) is 38.1 Å². The predicted octanol–water partition coefficient (Wildman–Crippen LogP) is 2.21. The van der Waals surface area contributed by atoms with Crippen LogP contribution in [0.15, 0.2) is 24.3 Å². The zero-order valence-electron chi connectivity index (χ0n) is 12.7. The highest BCUT2D eigenvalue weighted by Crippen LogP contribution is 2.10. The molecule has 3 N–H and O–H groups in total. The summed E-state index contributed by atoms with van der Waals surface area (Å²) in [6, 6.07) is 7.53. The minimum atomic E-state index is -0.436. The molecule has 0 radical (unpaired) electrons. The van der Waals surface area contributed by atoms with Crippen LogP contribution in [0.2, 0.25) is 0 Å². The predicted molar refractivity (Wildman–Crippen MR) is 81.0 cm³/mol. The molecule has 20 heavy (non-hydrogen) atoms. The van der Waals surface area contributed by atoms with Crippen molar-refractivity contribution >= 4 is 5.91 Å². The van der Waals surface area contributed by atoms with Crippen LogP contribution in [0.1, 0.15) is 38.3 Å². The molecule has 1 atom stereocenters. The first-order valence-corrected chi connectivity index (χ1v) is 7.22. The fourth-order valence-electron chi connectivity index (χ4n) is 2.01. The van der Waals surface area contributed by atoms with Crippen molar-refractivity contribution in [3.63, 3.8) is 0 Å². The Balaban J connectivity index is 2.54. The highest BCUT2D eigenvalue weighted by Gasteiger charge is 2.14. The molecule has 1 rings (SSSR count). The summed E-state index contributed by atoms with van der Waals surface area (Å²) in [5.41, 5.74) is 8.04. The Bertz CT molecular complexity index is 419. The maximum atomic E-state index is 11.9. The van der Waals surface area contributed by atoms with E-state index in [0.29, 0.717) is 32.1 Å². The van der Waals surface area contributed by atoms with Crippen LogP contribution < -0.4 is 11.1 Å². The molecule has 0 aliphatic rings. The van der Waals surface area contributed by atoms with E-state index in [2.05, 4.69) is 19.2 Å². The number of rotatable bonds is 8. The smallest absolute Gasteiger partial charge is 0.237 e. The quantitative estimate of drug-likeness (QED) is 0.766. The van der Waals surface area contributed by atoms with E-state index in [1.54, 1.807) is 0 Å². The lowest BCUT2D eigenvalue weighted by Gasteiger charge is -2.15. The van der Waals surface area contributed by atoms with Crippen LogP contribution in [-0.2, 0) is 22.7 Å². The topological polar surface area (TPSA) is 64.3 Å². The molecule has 0 heterocycles. The van der Waals surface area contributed by atoms with Crippen molar-refractivity contribution in [1.29, 1.82) is 0 Å². The molecule has 0 saturated heterocycles. The number of amides is 1. The fourth-order valence-corrected chi connectivity index (χ4v) is 2.01. The number of hydrogen-bond acceptors (Lipinski definition) is 3. The number of carbonyl (C=O) groups excluding carboxylic acids is 1. The van der Waals surface area contributed by atoms with E-state index in [-0.39, 0.29) is 5.91 Å². The zero-order valence-corrected chi connectivity index (χ0v) is 12.7. The summed E-state index contributed by atoms with van der Waals surface area (Å²) in [6.07, 6.45) is 0.701. The molecule has 0 fully saturated rings. The van der Waals surface area contributed by atoms with Crippen LogP contribution in [-0.4, -0.2) is 18.6 Å². The summed E-state index contributed by atoms with van der Waals surface area (Å²) >= 11 is 0. The van der Waals surface area contributed by atoms with E-state index in [0.717, 1.165) is 11.1 Å². The van der Waals surface area contributed by atoms with Crippen LogP contribution >= 0.6 is 0 Å². The second-order valence-electron chi connectivity index (χ2n) is 5.36. The normalized spacial score (nSPS) is 12.4. The Kier molecular flexibility index (Phi) is 7.26. The standard InChI is InChI=1S/C16H26N2O2/c1-4-20-11-14-8-6-5-7-13(14)10-18-16(19)15(17)9-12(2)3/h5-8,12,15H,4,9-11,17H2,1-3H3,(H,18,19). The van der Waals surface area contributed by atoms with Gasteiger partial charge in [0.15, 0.2) is 0 Å². The average molecular weight is 278 g/mol. The lowest BCUT2D eigenvalue weighted by Crippen LogP contribution is -2.41. The van der Waals surface area contributed by atoms with E-state index in [1.165, 1.54) is 0 Å².